The summed E-state index contributed by atoms with van der Waals surface area (Å²) >= 11 is 1.58. The number of thioether (sulfide) groups is 1. The zero-order chi connectivity index (χ0) is 21.1. The lowest BCUT2D eigenvalue weighted by Gasteiger charge is -2.18. The second-order valence-corrected chi connectivity index (χ2v) is 7.62. The van der Waals surface area contributed by atoms with Crippen LogP contribution in [-0.4, -0.2) is 52.6 Å². The molecular formula is C19H25N3O6S. The van der Waals surface area contributed by atoms with Gasteiger partial charge in [0, 0.05) is 12.8 Å². The predicted molar refractivity (Wildman–Crippen MR) is 108 cm³/mol. The van der Waals surface area contributed by atoms with Crippen molar-refractivity contribution in [3.8, 4) is 0 Å². The van der Waals surface area contributed by atoms with Gasteiger partial charge in [0.1, 0.15) is 17.7 Å². The number of hydrogen-bond donors (Lipinski definition) is 3. The van der Waals surface area contributed by atoms with Crippen LogP contribution < -0.4 is 10.6 Å². The molecule has 1 unspecified atom stereocenters. The van der Waals surface area contributed by atoms with Crippen molar-refractivity contribution in [3.63, 3.8) is 0 Å². The van der Waals surface area contributed by atoms with Gasteiger partial charge < -0.3 is 25.3 Å². The van der Waals surface area contributed by atoms with Crippen LogP contribution in [0.2, 0.25) is 0 Å². The number of rotatable bonds is 10. The summed E-state index contributed by atoms with van der Waals surface area (Å²) in [7, 11) is 0. The molecule has 0 fully saturated rings. The van der Waals surface area contributed by atoms with Crippen LogP contribution in [0.3, 0.4) is 0 Å². The number of oxime groups is 1. The molecule has 0 saturated carbocycles. The van der Waals surface area contributed by atoms with Gasteiger partial charge in [-0.15, -0.1) is 11.8 Å². The fraction of sp³-hybridized carbons (Fsp3) is 0.474. The number of carbonyl (C=O) groups excluding carboxylic acids is 2. The van der Waals surface area contributed by atoms with Gasteiger partial charge in [0.25, 0.3) is 0 Å². The number of aliphatic carboxylic acids is 1. The molecule has 1 aromatic rings. The van der Waals surface area contributed by atoms with E-state index in [1.165, 1.54) is 0 Å². The Balaban J connectivity index is 1.81. The molecule has 2 rings (SSSR count). The fourth-order valence-electron chi connectivity index (χ4n) is 2.55. The van der Waals surface area contributed by atoms with Crippen LogP contribution in [0.5, 0.6) is 0 Å². The fourth-order valence-corrected chi connectivity index (χ4v) is 3.28. The van der Waals surface area contributed by atoms with Crippen molar-refractivity contribution in [3.05, 3.63) is 35.9 Å². The molecule has 2 amide bonds. The zero-order valence-corrected chi connectivity index (χ0v) is 16.9. The minimum Gasteiger partial charge on any atom is -0.481 e. The van der Waals surface area contributed by atoms with E-state index in [4.69, 9.17) is 14.7 Å². The van der Waals surface area contributed by atoms with E-state index in [1.54, 1.807) is 23.9 Å². The number of amides is 2. The van der Waals surface area contributed by atoms with Gasteiger partial charge in [0.05, 0.1) is 6.54 Å². The number of ether oxygens (including phenoxy) is 1. The lowest BCUT2D eigenvalue weighted by molar-refractivity contribution is -0.137. The van der Waals surface area contributed by atoms with E-state index >= 15 is 0 Å². The van der Waals surface area contributed by atoms with Gasteiger partial charge in [0.2, 0.25) is 5.91 Å². The highest BCUT2D eigenvalue weighted by Gasteiger charge is 2.26. The van der Waals surface area contributed by atoms with Gasteiger partial charge >= 0.3 is 12.1 Å². The van der Waals surface area contributed by atoms with Crippen molar-refractivity contribution >= 4 is 34.8 Å². The number of alkyl carbamates (subject to hydrolysis) is 1. The summed E-state index contributed by atoms with van der Waals surface area (Å²) in [6, 6.07) is 8.06. The number of carboxylic acid groups (broad SMARTS) is 1. The largest absolute Gasteiger partial charge is 0.481 e. The van der Waals surface area contributed by atoms with E-state index in [1.807, 2.05) is 25.1 Å². The predicted octanol–water partition coefficient (Wildman–Crippen LogP) is 2.12. The molecule has 158 valence electrons. The van der Waals surface area contributed by atoms with E-state index in [2.05, 4.69) is 15.8 Å². The first kappa shape index (κ1) is 22.5. The Morgan fingerprint density at radius 1 is 1.34 bits per heavy atom. The van der Waals surface area contributed by atoms with Gasteiger partial charge in [-0.25, -0.2) is 4.79 Å². The van der Waals surface area contributed by atoms with Crippen LogP contribution in [-0.2, 0) is 25.8 Å². The number of benzene rings is 1. The van der Waals surface area contributed by atoms with Gasteiger partial charge in [-0.3, -0.25) is 9.59 Å². The summed E-state index contributed by atoms with van der Waals surface area (Å²) in [4.78, 5) is 40.6. The van der Waals surface area contributed by atoms with E-state index in [0.717, 1.165) is 16.4 Å². The summed E-state index contributed by atoms with van der Waals surface area (Å²) in [5.74, 6) is -0.674. The van der Waals surface area contributed by atoms with Crippen LogP contribution >= 0.6 is 11.8 Å². The third-order valence-electron chi connectivity index (χ3n) is 3.99. The van der Waals surface area contributed by atoms with Crippen LogP contribution in [0.15, 0.2) is 35.5 Å². The summed E-state index contributed by atoms with van der Waals surface area (Å²) in [5, 5.41) is 18.8. The minimum absolute atomic E-state index is 0.0467. The van der Waals surface area contributed by atoms with Crippen LogP contribution in [0.1, 0.15) is 31.7 Å². The number of nitrogens with zero attached hydrogens (tertiary/aromatic N) is 1. The Kier molecular flexibility index (Phi) is 9.29. The number of carboxylic acids is 1. The van der Waals surface area contributed by atoms with Crippen molar-refractivity contribution in [2.24, 2.45) is 5.16 Å². The van der Waals surface area contributed by atoms with E-state index < -0.39 is 24.0 Å². The monoisotopic (exact) mass is 423 g/mol. The molecule has 0 spiro atoms. The Bertz CT molecular complexity index is 728. The molecule has 9 nitrogen and oxygen atoms in total. The molecule has 1 heterocycles. The Hall–Kier alpha value is -2.75. The molecule has 1 aromatic carbocycles. The van der Waals surface area contributed by atoms with Gasteiger partial charge in [-0.05, 0) is 17.7 Å². The van der Waals surface area contributed by atoms with Crippen LogP contribution in [0.4, 0.5) is 4.79 Å². The van der Waals surface area contributed by atoms with Crippen molar-refractivity contribution < 1.29 is 29.1 Å². The Labute approximate surface area is 173 Å². The normalized spacial score (nSPS) is 16.3. The molecular weight excluding hydrogens is 398 g/mol. The van der Waals surface area contributed by atoms with Gasteiger partial charge in [-0.2, -0.15) is 0 Å². The molecule has 0 aliphatic carbocycles. The smallest absolute Gasteiger partial charge is 0.408 e. The molecule has 29 heavy (non-hydrogen) atoms. The van der Waals surface area contributed by atoms with Crippen LogP contribution in [0, 0.1) is 0 Å². The summed E-state index contributed by atoms with van der Waals surface area (Å²) in [6.45, 7) is 2.27. The lowest BCUT2D eigenvalue weighted by atomic mass is 10.1. The molecule has 10 heteroatoms. The van der Waals surface area contributed by atoms with E-state index in [0.29, 0.717) is 6.42 Å². The molecule has 3 N–H and O–H groups in total. The first-order valence-electron chi connectivity index (χ1n) is 9.30. The number of hydrogen-bond acceptors (Lipinski definition) is 7. The molecule has 0 radical (unpaired) electrons. The summed E-state index contributed by atoms with van der Waals surface area (Å²) < 4.78 is 5.11. The zero-order valence-electron chi connectivity index (χ0n) is 16.1. The second kappa shape index (κ2) is 11.9. The molecule has 0 aromatic heterocycles. The third-order valence-corrected chi connectivity index (χ3v) is 4.85. The van der Waals surface area contributed by atoms with Crippen molar-refractivity contribution in [2.75, 3.05) is 12.3 Å². The van der Waals surface area contributed by atoms with Crippen molar-refractivity contribution in [1.29, 1.82) is 0 Å². The van der Waals surface area contributed by atoms with Crippen molar-refractivity contribution in [2.45, 2.75) is 44.9 Å². The first-order valence-corrected chi connectivity index (χ1v) is 10.3. The molecule has 1 aliphatic heterocycles. The quantitative estimate of drug-likeness (QED) is 0.526. The summed E-state index contributed by atoms with van der Waals surface area (Å²) in [5.41, 5.74) is 0.799. The van der Waals surface area contributed by atoms with Gasteiger partial charge in [0.15, 0.2) is 6.10 Å². The maximum Gasteiger partial charge on any atom is 0.408 e. The average Bonchev–Trinajstić information content (AvgIpc) is 3.16. The van der Waals surface area contributed by atoms with E-state index in [-0.39, 0.29) is 32.1 Å². The highest BCUT2D eigenvalue weighted by atomic mass is 32.2. The lowest BCUT2D eigenvalue weighted by Crippen LogP contribution is -2.48. The van der Waals surface area contributed by atoms with Crippen LogP contribution in [0.25, 0.3) is 0 Å². The average molecular weight is 423 g/mol. The SMILES string of the molecule is CCSC1=NOC(CNC(=O)[C@H](CCC(=O)O)NC(=O)OCc2ccccc2)C1. The minimum atomic E-state index is -1.06. The molecule has 1 aliphatic rings. The molecule has 0 saturated heterocycles. The van der Waals surface area contributed by atoms with Crippen molar-refractivity contribution in [1.82, 2.24) is 10.6 Å². The standard InChI is InChI=1S/C19H25N3O6S/c1-2-29-16-10-14(28-22-16)11-20-18(25)15(8-9-17(23)24)21-19(26)27-12-13-6-4-3-5-7-13/h3-7,14-15H,2,8-12H2,1H3,(H,20,25)(H,21,26)(H,23,24)/t14?,15-/m0/s1. The van der Waals surface area contributed by atoms with E-state index in [9.17, 15) is 14.4 Å². The Morgan fingerprint density at radius 3 is 2.79 bits per heavy atom. The first-order chi connectivity index (χ1) is 14.0. The highest BCUT2D eigenvalue weighted by Crippen LogP contribution is 2.18. The third kappa shape index (κ3) is 8.43. The molecule has 0 bridgehead atoms. The Morgan fingerprint density at radius 2 is 2.10 bits per heavy atom. The number of nitrogens with one attached hydrogen (secondary N) is 2. The summed E-state index contributed by atoms with van der Waals surface area (Å²) in [6.07, 6.45) is -0.789. The topological polar surface area (TPSA) is 126 Å². The highest BCUT2D eigenvalue weighted by molar-refractivity contribution is 8.13. The maximum absolute atomic E-state index is 12.5. The molecule has 2 atom stereocenters. The second-order valence-electron chi connectivity index (χ2n) is 6.29. The van der Waals surface area contributed by atoms with Gasteiger partial charge in [-0.1, -0.05) is 42.4 Å². The number of carbonyl (C=O) groups is 3. The maximum atomic E-state index is 12.5.